The first kappa shape index (κ1) is 15.0. The Kier molecular flexibility index (Phi) is 4.53. The summed E-state index contributed by atoms with van der Waals surface area (Å²) in [5.41, 5.74) is 0.0482. The zero-order chi connectivity index (χ0) is 15.4. The second kappa shape index (κ2) is 6.35. The molecule has 1 aromatic carbocycles. The monoisotopic (exact) mass is 292 g/mol. The lowest BCUT2D eigenvalue weighted by atomic mass is 10.1. The van der Waals surface area contributed by atoms with Crippen LogP contribution in [0.5, 0.6) is 0 Å². The highest BCUT2D eigenvalue weighted by molar-refractivity contribution is 5.95. The highest BCUT2D eigenvalue weighted by Gasteiger charge is 2.26. The van der Waals surface area contributed by atoms with E-state index in [0.29, 0.717) is 19.5 Å². The molecule has 1 heterocycles. The summed E-state index contributed by atoms with van der Waals surface area (Å²) in [6.07, 6.45) is 0.604. The van der Waals surface area contributed by atoms with Gasteiger partial charge in [-0.3, -0.25) is 9.59 Å². The SMILES string of the molecule is CC#CC(=O)N1CCC(NC(=O)c2ccc(F)c(F)c2)C1. The number of rotatable bonds is 2. The zero-order valence-corrected chi connectivity index (χ0v) is 11.5. The summed E-state index contributed by atoms with van der Waals surface area (Å²) in [4.78, 5) is 25.1. The van der Waals surface area contributed by atoms with Crippen molar-refractivity contribution in [1.29, 1.82) is 0 Å². The fraction of sp³-hybridized carbons (Fsp3) is 0.333. The zero-order valence-electron chi connectivity index (χ0n) is 11.5. The van der Waals surface area contributed by atoms with Gasteiger partial charge in [0.05, 0.1) is 0 Å². The number of halogens is 2. The predicted molar refractivity (Wildman–Crippen MR) is 72.3 cm³/mol. The van der Waals surface area contributed by atoms with E-state index in [1.807, 2.05) is 0 Å². The van der Waals surface area contributed by atoms with Crippen molar-refractivity contribution in [1.82, 2.24) is 10.2 Å². The third kappa shape index (κ3) is 3.57. The number of nitrogens with zero attached hydrogens (tertiary/aromatic N) is 1. The summed E-state index contributed by atoms with van der Waals surface area (Å²) in [6, 6.07) is 2.76. The predicted octanol–water partition coefficient (Wildman–Crippen LogP) is 1.32. The van der Waals surface area contributed by atoms with E-state index in [9.17, 15) is 18.4 Å². The summed E-state index contributed by atoms with van der Waals surface area (Å²) in [5, 5.41) is 2.70. The molecule has 4 nitrogen and oxygen atoms in total. The fourth-order valence-electron chi connectivity index (χ4n) is 2.15. The molecular formula is C15H14F2N2O2. The van der Waals surface area contributed by atoms with Gasteiger partial charge in [-0.05, 0) is 37.5 Å². The summed E-state index contributed by atoms with van der Waals surface area (Å²) < 4.78 is 25.9. The number of likely N-dealkylation sites (tertiary alicyclic amines) is 1. The molecule has 0 bridgehead atoms. The minimum Gasteiger partial charge on any atom is -0.347 e. The minimum absolute atomic E-state index is 0.0482. The van der Waals surface area contributed by atoms with E-state index in [2.05, 4.69) is 17.2 Å². The van der Waals surface area contributed by atoms with Crippen molar-refractivity contribution in [3.63, 3.8) is 0 Å². The standard InChI is InChI=1S/C15H14F2N2O2/c1-2-3-14(20)19-7-6-11(9-19)18-15(21)10-4-5-12(16)13(17)8-10/h4-5,8,11H,6-7,9H2,1H3,(H,18,21). The molecule has 1 atom stereocenters. The largest absolute Gasteiger partial charge is 0.347 e. The molecular weight excluding hydrogens is 278 g/mol. The van der Waals surface area contributed by atoms with Gasteiger partial charge in [0.25, 0.3) is 11.8 Å². The molecule has 0 aliphatic carbocycles. The topological polar surface area (TPSA) is 49.4 Å². The van der Waals surface area contributed by atoms with Gasteiger partial charge in [-0.1, -0.05) is 5.92 Å². The Morgan fingerprint density at radius 3 is 2.76 bits per heavy atom. The Bertz CT molecular complexity index is 634. The second-order valence-corrected chi connectivity index (χ2v) is 4.71. The van der Waals surface area contributed by atoms with Gasteiger partial charge < -0.3 is 10.2 Å². The van der Waals surface area contributed by atoms with E-state index in [4.69, 9.17) is 0 Å². The van der Waals surface area contributed by atoms with Gasteiger partial charge in [-0.2, -0.15) is 0 Å². The molecule has 1 fully saturated rings. The third-order valence-electron chi connectivity index (χ3n) is 3.22. The van der Waals surface area contributed by atoms with Crippen molar-refractivity contribution in [3.05, 3.63) is 35.4 Å². The normalized spacial score (nSPS) is 17.1. The minimum atomic E-state index is -1.07. The molecule has 1 aliphatic heterocycles. The molecule has 1 N–H and O–H groups in total. The van der Waals surface area contributed by atoms with Crippen molar-refractivity contribution in [2.45, 2.75) is 19.4 Å². The van der Waals surface area contributed by atoms with Crippen molar-refractivity contribution < 1.29 is 18.4 Å². The molecule has 0 spiro atoms. The van der Waals surface area contributed by atoms with Crippen LogP contribution < -0.4 is 5.32 Å². The van der Waals surface area contributed by atoms with Crippen LogP contribution in [0.4, 0.5) is 8.78 Å². The molecule has 2 rings (SSSR count). The lowest BCUT2D eigenvalue weighted by Gasteiger charge is -2.14. The van der Waals surface area contributed by atoms with Gasteiger partial charge in [0.1, 0.15) is 0 Å². The number of benzene rings is 1. The first-order valence-electron chi connectivity index (χ1n) is 6.49. The number of carbonyl (C=O) groups is 2. The van der Waals surface area contributed by atoms with Gasteiger partial charge in [0.15, 0.2) is 11.6 Å². The lowest BCUT2D eigenvalue weighted by Crippen LogP contribution is -2.38. The maximum Gasteiger partial charge on any atom is 0.298 e. The van der Waals surface area contributed by atoms with Crippen LogP contribution in [0.15, 0.2) is 18.2 Å². The van der Waals surface area contributed by atoms with Crippen LogP contribution in [-0.2, 0) is 4.79 Å². The summed E-state index contributed by atoms with van der Waals surface area (Å²) >= 11 is 0. The first-order chi connectivity index (χ1) is 10.0. The number of nitrogens with one attached hydrogen (secondary N) is 1. The van der Waals surface area contributed by atoms with Gasteiger partial charge in [-0.15, -0.1) is 0 Å². The molecule has 0 radical (unpaired) electrons. The molecule has 1 aliphatic rings. The van der Waals surface area contributed by atoms with Gasteiger partial charge >= 0.3 is 0 Å². The van der Waals surface area contributed by atoms with E-state index in [1.165, 1.54) is 6.07 Å². The van der Waals surface area contributed by atoms with E-state index in [-0.39, 0.29) is 17.5 Å². The Morgan fingerprint density at radius 2 is 2.10 bits per heavy atom. The Balaban J connectivity index is 1.96. The van der Waals surface area contributed by atoms with Crippen molar-refractivity contribution >= 4 is 11.8 Å². The summed E-state index contributed by atoms with van der Waals surface area (Å²) in [5.74, 6) is 2.14. The van der Waals surface area contributed by atoms with Crippen molar-refractivity contribution in [2.75, 3.05) is 13.1 Å². The van der Waals surface area contributed by atoms with E-state index >= 15 is 0 Å². The quantitative estimate of drug-likeness (QED) is 0.836. The average molecular weight is 292 g/mol. The fourth-order valence-corrected chi connectivity index (χ4v) is 2.15. The van der Waals surface area contributed by atoms with Crippen LogP contribution in [0.3, 0.4) is 0 Å². The van der Waals surface area contributed by atoms with E-state index in [0.717, 1.165) is 12.1 Å². The number of amides is 2. The van der Waals surface area contributed by atoms with E-state index in [1.54, 1.807) is 11.8 Å². The molecule has 1 saturated heterocycles. The van der Waals surface area contributed by atoms with Gasteiger partial charge in [-0.25, -0.2) is 8.78 Å². The van der Waals surface area contributed by atoms with E-state index < -0.39 is 17.5 Å². The molecule has 110 valence electrons. The molecule has 21 heavy (non-hydrogen) atoms. The number of hydrogen-bond donors (Lipinski definition) is 1. The van der Waals surface area contributed by atoms with Gasteiger partial charge in [0.2, 0.25) is 0 Å². The highest BCUT2D eigenvalue weighted by atomic mass is 19.2. The second-order valence-electron chi connectivity index (χ2n) is 4.71. The van der Waals surface area contributed by atoms with Crippen LogP contribution in [0.2, 0.25) is 0 Å². The molecule has 2 amide bonds. The van der Waals surface area contributed by atoms with Crippen LogP contribution >= 0.6 is 0 Å². The van der Waals surface area contributed by atoms with Crippen molar-refractivity contribution in [2.24, 2.45) is 0 Å². The van der Waals surface area contributed by atoms with Crippen LogP contribution in [0.1, 0.15) is 23.7 Å². The maximum absolute atomic E-state index is 13.1. The Labute approximate surface area is 121 Å². The molecule has 0 aromatic heterocycles. The van der Waals surface area contributed by atoms with Crippen molar-refractivity contribution in [3.8, 4) is 11.8 Å². The highest BCUT2D eigenvalue weighted by Crippen LogP contribution is 2.12. The third-order valence-corrected chi connectivity index (χ3v) is 3.22. The summed E-state index contributed by atoms with van der Waals surface area (Å²) in [6.45, 7) is 2.45. The molecule has 1 unspecified atom stereocenters. The number of hydrogen-bond acceptors (Lipinski definition) is 2. The first-order valence-corrected chi connectivity index (χ1v) is 6.49. The van der Waals surface area contributed by atoms with Gasteiger partial charge in [0, 0.05) is 24.7 Å². The maximum atomic E-state index is 13.1. The number of carbonyl (C=O) groups excluding carboxylic acids is 2. The van der Waals surface area contributed by atoms with Crippen LogP contribution in [-0.4, -0.2) is 35.8 Å². The summed E-state index contributed by atoms with van der Waals surface area (Å²) in [7, 11) is 0. The van der Waals surface area contributed by atoms with Crippen LogP contribution in [0.25, 0.3) is 0 Å². The smallest absolute Gasteiger partial charge is 0.298 e. The molecule has 1 aromatic rings. The van der Waals surface area contributed by atoms with Crippen LogP contribution in [0, 0.1) is 23.5 Å². The molecule has 6 heteroatoms. The molecule has 0 saturated carbocycles. The lowest BCUT2D eigenvalue weighted by molar-refractivity contribution is -0.124. The average Bonchev–Trinajstić information content (AvgIpc) is 2.90. The Hall–Kier alpha value is -2.42. The Morgan fingerprint density at radius 1 is 1.33 bits per heavy atom.